The van der Waals surface area contributed by atoms with Crippen molar-refractivity contribution in [1.82, 2.24) is 4.98 Å². The van der Waals surface area contributed by atoms with Crippen LogP contribution in [-0.2, 0) is 17.6 Å². The first-order valence-electron chi connectivity index (χ1n) is 6.38. The summed E-state index contributed by atoms with van der Waals surface area (Å²) in [6.07, 6.45) is 1.92. The lowest BCUT2D eigenvalue weighted by Gasteiger charge is -2.06. The first kappa shape index (κ1) is 13.8. The molecule has 0 radical (unpaired) electrons. The van der Waals surface area contributed by atoms with Gasteiger partial charge in [-0.05, 0) is 43.7 Å². The second-order valence-electron chi connectivity index (χ2n) is 4.75. The lowest BCUT2D eigenvalue weighted by Crippen LogP contribution is -2.07. The summed E-state index contributed by atoms with van der Waals surface area (Å²) in [5, 5.41) is 0. The number of hydrogen-bond acceptors (Lipinski definition) is 2. The van der Waals surface area contributed by atoms with Crippen LogP contribution in [0.4, 0.5) is 0 Å². The van der Waals surface area contributed by atoms with Crippen molar-refractivity contribution in [2.75, 3.05) is 6.61 Å². The van der Waals surface area contributed by atoms with E-state index < -0.39 is 0 Å². The van der Waals surface area contributed by atoms with Crippen LogP contribution in [0.25, 0.3) is 0 Å². The summed E-state index contributed by atoms with van der Waals surface area (Å²) in [4.78, 5) is 15.0. The Labute approximate surface area is 104 Å². The van der Waals surface area contributed by atoms with E-state index in [0.717, 1.165) is 18.4 Å². The summed E-state index contributed by atoms with van der Waals surface area (Å²) >= 11 is 0. The molecule has 3 nitrogen and oxygen atoms in total. The average Bonchev–Trinajstić information content (AvgIpc) is 2.56. The zero-order valence-electron chi connectivity index (χ0n) is 11.5. The average molecular weight is 237 g/mol. The second kappa shape index (κ2) is 5.89. The highest BCUT2D eigenvalue weighted by Crippen LogP contribution is 2.22. The van der Waals surface area contributed by atoms with Crippen LogP contribution >= 0.6 is 0 Å². The number of aromatic nitrogens is 1. The predicted molar refractivity (Wildman–Crippen MR) is 69.4 cm³/mol. The van der Waals surface area contributed by atoms with Gasteiger partial charge in [0.15, 0.2) is 0 Å². The monoisotopic (exact) mass is 237 g/mol. The summed E-state index contributed by atoms with van der Waals surface area (Å²) in [6.45, 7) is 10.7. The van der Waals surface area contributed by atoms with Crippen LogP contribution in [0.5, 0.6) is 0 Å². The first-order valence-corrected chi connectivity index (χ1v) is 6.38. The fourth-order valence-corrected chi connectivity index (χ4v) is 2.09. The molecular weight excluding hydrogens is 214 g/mol. The van der Waals surface area contributed by atoms with Gasteiger partial charge in [0.1, 0.15) is 5.69 Å². The van der Waals surface area contributed by atoms with Crippen LogP contribution < -0.4 is 0 Å². The van der Waals surface area contributed by atoms with Gasteiger partial charge in [0.05, 0.1) is 6.61 Å². The number of carbonyl (C=O) groups is 1. The van der Waals surface area contributed by atoms with E-state index in [4.69, 9.17) is 4.74 Å². The fraction of sp³-hybridized carbons (Fsp3) is 0.643. The van der Waals surface area contributed by atoms with E-state index >= 15 is 0 Å². The smallest absolute Gasteiger partial charge is 0.355 e. The molecule has 0 spiro atoms. The van der Waals surface area contributed by atoms with E-state index in [1.165, 1.54) is 11.3 Å². The maximum absolute atomic E-state index is 11.8. The minimum atomic E-state index is -0.241. The summed E-state index contributed by atoms with van der Waals surface area (Å²) < 4.78 is 5.06. The van der Waals surface area contributed by atoms with Crippen molar-refractivity contribution < 1.29 is 9.53 Å². The summed E-state index contributed by atoms with van der Waals surface area (Å²) in [5.74, 6) is 0.347. The Balaban J connectivity index is 3.09. The molecule has 1 heterocycles. The number of aryl methyl sites for hydroxylation is 1. The van der Waals surface area contributed by atoms with Gasteiger partial charge in [-0.2, -0.15) is 0 Å². The lowest BCUT2D eigenvalue weighted by atomic mass is 9.98. The second-order valence-corrected chi connectivity index (χ2v) is 4.75. The minimum Gasteiger partial charge on any atom is -0.461 e. The molecule has 3 heteroatoms. The molecule has 1 aromatic rings. The fourth-order valence-electron chi connectivity index (χ4n) is 2.09. The molecule has 0 aromatic carbocycles. The lowest BCUT2D eigenvalue weighted by molar-refractivity contribution is 0.0519. The largest absolute Gasteiger partial charge is 0.461 e. The molecule has 0 atom stereocenters. The number of rotatable bonds is 5. The zero-order valence-corrected chi connectivity index (χ0v) is 11.5. The summed E-state index contributed by atoms with van der Waals surface area (Å²) in [6, 6.07) is 0. The molecule has 96 valence electrons. The molecule has 0 saturated heterocycles. The van der Waals surface area contributed by atoms with Gasteiger partial charge in [-0.25, -0.2) is 4.79 Å². The van der Waals surface area contributed by atoms with Gasteiger partial charge in [0.25, 0.3) is 0 Å². The van der Waals surface area contributed by atoms with Crippen LogP contribution in [0.1, 0.15) is 55.0 Å². The third-order valence-corrected chi connectivity index (χ3v) is 2.91. The molecule has 1 aromatic heterocycles. The predicted octanol–water partition coefficient (Wildman–Crippen LogP) is 3.26. The molecule has 0 bridgehead atoms. The van der Waals surface area contributed by atoms with Crippen molar-refractivity contribution >= 4 is 5.97 Å². The van der Waals surface area contributed by atoms with Crippen molar-refractivity contribution in [3.63, 3.8) is 0 Å². The molecular formula is C14H23NO2. The highest BCUT2D eigenvalue weighted by Gasteiger charge is 2.19. The van der Waals surface area contributed by atoms with Gasteiger partial charge in [0, 0.05) is 5.69 Å². The Morgan fingerprint density at radius 1 is 1.35 bits per heavy atom. The van der Waals surface area contributed by atoms with Crippen LogP contribution in [0, 0.1) is 12.8 Å². The number of carbonyl (C=O) groups excluding carboxylic acids is 1. The Bertz CT molecular complexity index is 391. The quantitative estimate of drug-likeness (QED) is 0.799. The highest BCUT2D eigenvalue weighted by molar-refractivity contribution is 5.89. The zero-order chi connectivity index (χ0) is 13.0. The molecule has 0 aliphatic rings. The molecule has 1 N–H and O–H groups in total. The van der Waals surface area contributed by atoms with Crippen molar-refractivity contribution in [3.05, 3.63) is 22.5 Å². The number of esters is 1. The van der Waals surface area contributed by atoms with Crippen LogP contribution in [-0.4, -0.2) is 17.6 Å². The Morgan fingerprint density at radius 3 is 2.47 bits per heavy atom. The third kappa shape index (κ3) is 3.11. The molecule has 0 saturated carbocycles. The number of nitrogens with one attached hydrogen (secondary N) is 1. The van der Waals surface area contributed by atoms with Crippen molar-refractivity contribution in [2.45, 2.75) is 47.5 Å². The number of aromatic amines is 1. The van der Waals surface area contributed by atoms with Gasteiger partial charge < -0.3 is 9.72 Å². The van der Waals surface area contributed by atoms with Gasteiger partial charge in [0.2, 0.25) is 0 Å². The van der Waals surface area contributed by atoms with E-state index in [-0.39, 0.29) is 5.97 Å². The van der Waals surface area contributed by atoms with Gasteiger partial charge in [-0.1, -0.05) is 20.8 Å². The van der Waals surface area contributed by atoms with E-state index in [9.17, 15) is 4.79 Å². The van der Waals surface area contributed by atoms with E-state index in [1.54, 1.807) is 0 Å². The van der Waals surface area contributed by atoms with Crippen molar-refractivity contribution in [3.8, 4) is 0 Å². The topological polar surface area (TPSA) is 42.1 Å². The minimum absolute atomic E-state index is 0.241. The van der Waals surface area contributed by atoms with Gasteiger partial charge >= 0.3 is 5.97 Å². The maximum atomic E-state index is 11.8. The van der Waals surface area contributed by atoms with Crippen LogP contribution in [0.15, 0.2) is 0 Å². The van der Waals surface area contributed by atoms with Crippen LogP contribution in [0.3, 0.4) is 0 Å². The number of H-pyrrole nitrogens is 1. The standard InChI is InChI=1S/C14H23NO2/c1-6-12-11(8-9(3)4)10(5)13(15-12)14(16)17-7-2/h9,15H,6-8H2,1-5H3. The highest BCUT2D eigenvalue weighted by atomic mass is 16.5. The van der Waals surface area contributed by atoms with Crippen molar-refractivity contribution in [2.24, 2.45) is 5.92 Å². The molecule has 0 fully saturated rings. The maximum Gasteiger partial charge on any atom is 0.355 e. The van der Waals surface area contributed by atoms with E-state index in [2.05, 4.69) is 25.8 Å². The Morgan fingerprint density at radius 2 is 2.00 bits per heavy atom. The van der Waals surface area contributed by atoms with Crippen molar-refractivity contribution in [1.29, 1.82) is 0 Å². The molecule has 0 amide bonds. The number of ether oxygens (including phenoxy) is 1. The third-order valence-electron chi connectivity index (χ3n) is 2.91. The van der Waals surface area contributed by atoms with Gasteiger partial charge in [-0.15, -0.1) is 0 Å². The molecule has 1 rings (SSSR count). The molecule has 0 unspecified atom stereocenters. The normalized spacial score (nSPS) is 10.9. The Hall–Kier alpha value is -1.25. The molecule has 17 heavy (non-hydrogen) atoms. The summed E-state index contributed by atoms with van der Waals surface area (Å²) in [5.41, 5.74) is 4.12. The molecule has 0 aliphatic heterocycles. The van der Waals surface area contributed by atoms with E-state index in [1.807, 2.05) is 13.8 Å². The van der Waals surface area contributed by atoms with E-state index in [0.29, 0.717) is 18.2 Å². The Kier molecular flexibility index (Phi) is 4.79. The first-order chi connectivity index (χ1) is 8.01. The van der Waals surface area contributed by atoms with Gasteiger partial charge in [-0.3, -0.25) is 0 Å². The SMILES string of the molecule is CCOC(=O)c1[nH]c(CC)c(CC(C)C)c1C. The molecule has 0 aliphatic carbocycles. The summed E-state index contributed by atoms with van der Waals surface area (Å²) in [7, 11) is 0. The van der Waals surface area contributed by atoms with Crippen LogP contribution in [0.2, 0.25) is 0 Å². The number of hydrogen-bond donors (Lipinski definition) is 1.